The fourth-order valence-electron chi connectivity index (χ4n) is 12.6. The van der Waals surface area contributed by atoms with Gasteiger partial charge in [-0.2, -0.15) is 23.5 Å². The van der Waals surface area contributed by atoms with Crippen molar-refractivity contribution < 1.29 is 87.2 Å². The third-order valence-corrected chi connectivity index (χ3v) is 19.7. The van der Waals surface area contributed by atoms with Crippen molar-refractivity contribution in [2.24, 2.45) is 17.2 Å². The van der Waals surface area contributed by atoms with Gasteiger partial charge in [0.25, 0.3) is 0 Å². The van der Waals surface area contributed by atoms with E-state index in [9.17, 15) is 82.1 Å². The van der Waals surface area contributed by atoms with Crippen molar-refractivity contribution in [2.45, 2.75) is 221 Å². The van der Waals surface area contributed by atoms with Crippen LogP contribution in [-0.2, 0) is 84.8 Å². The van der Waals surface area contributed by atoms with Gasteiger partial charge in [-0.3, -0.25) is 67.1 Å². The molecule has 37 heteroatoms. The fourth-order valence-corrected chi connectivity index (χ4v) is 13.5. The van der Waals surface area contributed by atoms with Gasteiger partial charge in [-0.05, 0) is 159 Å². The van der Waals surface area contributed by atoms with Gasteiger partial charge in [-0.25, -0.2) is 9.78 Å². The summed E-state index contributed by atoms with van der Waals surface area (Å²) in [7, 11) is 0. The van der Waals surface area contributed by atoms with Crippen LogP contribution in [-0.4, -0.2) is 264 Å². The molecule has 0 bridgehead atoms. The van der Waals surface area contributed by atoms with E-state index >= 15 is 0 Å². The molecule has 4 heterocycles. The number of unbranched alkanes of at least 4 members (excludes halogenated alkanes) is 2. The van der Waals surface area contributed by atoms with E-state index in [1.54, 1.807) is 42.8 Å². The van der Waals surface area contributed by atoms with Crippen LogP contribution in [0.4, 0.5) is 0 Å². The molecule has 3 aliphatic heterocycles. The molecular weight excluding hydrogens is 1410 g/mol. The first-order chi connectivity index (χ1) is 50.1. The van der Waals surface area contributed by atoms with Crippen LogP contribution in [0.15, 0.2) is 42.9 Å². The van der Waals surface area contributed by atoms with Gasteiger partial charge in [-0.1, -0.05) is 30.3 Å². The number of nitrogens with one attached hydrogen (secondary N) is 10. The average Bonchev–Trinajstić information content (AvgIpc) is 1.74. The minimum atomic E-state index is -1.63. The summed E-state index contributed by atoms with van der Waals surface area (Å²) >= 11 is 2.72. The summed E-state index contributed by atoms with van der Waals surface area (Å²) in [6.45, 7) is 3.46. The van der Waals surface area contributed by atoms with Crippen LogP contribution in [0, 0.1) is 0 Å². The highest BCUT2D eigenvalue weighted by Gasteiger charge is 2.44. The highest BCUT2D eigenvalue weighted by Crippen LogP contribution is 2.25. The second-order valence-electron chi connectivity index (χ2n) is 26.4. The number of aliphatic carboxylic acids is 3. The molecule has 1 aromatic heterocycles. The Bertz CT molecular complexity index is 3290. The molecule has 3 fully saturated rings. The maximum absolute atomic E-state index is 14.8. The molecule has 35 nitrogen and oxygen atoms in total. The third kappa shape index (κ3) is 27.8. The molecule has 105 heavy (non-hydrogen) atoms. The molecule has 0 radical (unpaired) electrons. The molecule has 3 saturated heterocycles. The molecule has 19 N–H and O–H groups in total. The average molecular weight is 1510 g/mol. The van der Waals surface area contributed by atoms with E-state index < -0.39 is 180 Å². The largest absolute Gasteiger partial charge is 0.481 e. The van der Waals surface area contributed by atoms with Gasteiger partial charge < -0.3 is 100 Å². The molecule has 0 saturated carbocycles. The predicted molar refractivity (Wildman–Crippen MR) is 387 cm³/mol. The number of carboxylic acids is 3. The molecule has 1 aromatic carbocycles. The van der Waals surface area contributed by atoms with Crippen LogP contribution in [0.1, 0.15) is 141 Å². The number of aromatic nitrogens is 2. The quantitative estimate of drug-likeness (QED) is 0.0304. The van der Waals surface area contributed by atoms with Crippen LogP contribution < -0.4 is 65.1 Å². The molecule has 0 spiro atoms. The number of hydrogen-bond acceptors (Lipinski definition) is 21. The zero-order valence-corrected chi connectivity index (χ0v) is 61.6. The summed E-state index contributed by atoms with van der Waals surface area (Å²) < 4.78 is 0. The van der Waals surface area contributed by atoms with E-state index in [1.165, 1.54) is 64.6 Å². The smallest absolute Gasteiger partial charge is 0.326 e. The predicted octanol–water partition coefficient (Wildman–Crippen LogP) is -2.52. The number of imidazole rings is 1. The highest BCUT2D eigenvalue weighted by atomic mass is 32.2. The lowest BCUT2D eigenvalue weighted by Crippen LogP contribution is -2.61. The second-order valence-corrected chi connectivity index (χ2v) is 28.3. The van der Waals surface area contributed by atoms with Crippen molar-refractivity contribution in [3.63, 3.8) is 0 Å². The Labute approximate surface area is 618 Å². The van der Waals surface area contributed by atoms with Gasteiger partial charge in [0.05, 0.1) is 12.4 Å². The number of aromatic amines is 1. The first kappa shape index (κ1) is 86.7. The maximum atomic E-state index is 14.8. The number of nitrogens with zero attached hydrogens (tertiary/aromatic N) is 4. The Morgan fingerprint density at radius 3 is 1.44 bits per heavy atom. The van der Waals surface area contributed by atoms with Crippen molar-refractivity contribution in [1.82, 2.24) is 72.5 Å². The summed E-state index contributed by atoms with van der Waals surface area (Å²) in [5.41, 5.74) is 18.5. The zero-order valence-electron chi connectivity index (χ0n) is 59.9. The van der Waals surface area contributed by atoms with Gasteiger partial charge in [0.15, 0.2) is 0 Å². The lowest BCUT2D eigenvalue weighted by atomic mass is 10.0. The van der Waals surface area contributed by atoms with E-state index in [4.69, 9.17) is 22.3 Å². The number of likely N-dealkylation sites (tertiary alicyclic amines) is 3. The monoisotopic (exact) mass is 1510 g/mol. The fraction of sp³-hybridized carbons (Fsp3) is 0.647. The van der Waals surface area contributed by atoms with E-state index in [-0.39, 0.29) is 110 Å². The number of amides is 12. The van der Waals surface area contributed by atoms with Gasteiger partial charge in [0.2, 0.25) is 70.9 Å². The molecule has 2 aromatic rings. The number of nitrogens with two attached hydrogens (primary N) is 3. The summed E-state index contributed by atoms with van der Waals surface area (Å²) in [5.74, 6) is -12.3. The number of benzene rings is 1. The van der Waals surface area contributed by atoms with Crippen LogP contribution in [0.2, 0.25) is 0 Å². The maximum Gasteiger partial charge on any atom is 0.326 e. The molecule has 13 atom stereocenters. The minimum Gasteiger partial charge on any atom is -0.481 e. The minimum absolute atomic E-state index is 0.000494. The highest BCUT2D eigenvalue weighted by molar-refractivity contribution is 7.98. The summed E-state index contributed by atoms with van der Waals surface area (Å²) in [6, 6.07) is -7.86. The second kappa shape index (κ2) is 44.8. The summed E-state index contributed by atoms with van der Waals surface area (Å²) in [5, 5.41) is 52.7. The van der Waals surface area contributed by atoms with Crippen molar-refractivity contribution in [1.29, 1.82) is 0 Å². The Morgan fingerprint density at radius 1 is 0.486 bits per heavy atom. The molecule has 12 amide bonds. The first-order valence-electron chi connectivity index (χ1n) is 35.6. The van der Waals surface area contributed by atoms with Crippen LogP contribution >= 0.6 is 23.5 Å². The van der Waals surface area contributed by atoms with E-state index in [0.717, 1.165) is 0 Å². The standard InChI is InChI=1S/C68H105N17O18S2/c1-39(74-57(91)43(71)22-24-54(86)87)56(90)76-47(26-33-104-3)58(92)75-40(2)65(99)83-30-12-19-51(83)63(97)79-45(18-9-11-29-70)60(94)81-49(36-42-37-72-38-73-42)62(96)77-44(17-8-10-28-69)59(93)78-46(23-25-55(88)89)61(95)80-48(27-34-105-4)66(100)84-31-13-20-52(84)64(98)82-50(35-41-15-6-5-7-16-41)67(101)85-32-14-21-53(85)68(102)103/h5-7,15-16,37-40,43-53H,8-14,17-36,69-71H2,1-4H3,(H,72,73)(H,74,91)(H,75,92)(H,76,90)(H,77,96)(H,78,93)(H,79,97)(H,80,95)(H,81,94)(H,82,98)(H,86,87)(H,88,89)(H,102,103)/t39-,40-,43-,44-,45-,46-,47-,48-,49-,50-,51-,52-,53-/m0/s1. The van der Waals surface area contributed by atoms with Crippen molar-refractivity contribution >= 4 is 112 Å². The van der Waals surface area contributed by atoms with Crippen molar-refractivity contribution in [3.05, 3.63) is 54.1 Å². The number of carboxylic acid groups (broad SMARTS) is 3. The van der Waals surface area contributed by atoms with Gasteiger partial charge >= 0.3 is 17.9 Å². The molecule has 582 valence electrons. The van der Waals surface area contributed by atoms with Crippen molar-refractivity contribution in [3.8, 4) is 0 Å². The van der Waals surface area contributed by atoms with Gasteiger partial charge in [0.1, 0.15) is 72.5 Å². The number of thioether (sulfide) groups is 2. The molecule has 0 aliphatic carbocycles. The van der Waals surface area contributed by atoms with E-state index in [2.05, 4.69) is 57.8 Å². The topological polar surface area (TPSA) is 541 Å². The number of rotatable bonds is 46. The zero-order chi connectivity index (χ0) is 77.3. The molecule has 0 unspecified atom stereocenters. The molecular formula is C68H105N17O18S2. The first-order valence-corrected chi connectivity index (χ1v) is 38.4. The van der Waals surface area contributed by atoms with Crippen LogP contribution in [0.25, 0.3) is 0 Å². The lowest BCUT2D eigenvalue weighted by Gasteiger charge is -2.32. The Hall–Kier alpha value is -8.94. The van der Waals surface area contributed by atoms with Crippen LogP contribution in [0.3, 0.4) is 0 Å². The number of carbonyl (C=O) groups is 15. The van der Waals surface area contributed by atoms with E-state index in [1.807, 2.05) is 0 Å². The van der Waals surface area contributed by atoms with E-state index in [0.29, 0.717) is 61.3 Å². The van der Waals surface area contributed by atoms with Gasteiger partial charge in [0, 0.05) is 57.2 Å². The SMILES string of the molecule is CSCC[C@H](NC(=O)[C@H](C)NC(=O)[C@@H](N)CCC(=O)O)C(=O)N[C@@H](C)C(=O)N1CCC[C@H]1C(=O)N[C@@H](CCCCN)C(=O)N[C@@H](Cc1cnc[nH]1)C(=O)N[C@@H](CCCCN)C(=O)N[C@@H](CCC(=O)O)C(=O)N[C@@H](CCSC)C(=O)N1CCC[C@H]1C(=O)N[C@@H](Cc1ccccc1)C(=O)N1CCC[C@H]1C(=O)O. The lowest BCUT2D eigenvalue weighted by molar-refractivity contribution is -0.149. The normalized spacial score (nSPS) is 18.4. The Morgan fingerprint density at radius 2 is 0.914 bits per heavy atom. The third-order valence-electron chi connectivity index (χ3n) is 18.4. The number of hydrogen-bond donors (Lipinski definition) is 16. The van der Waals surface area contributed by atoms with Gasteiger partial charge in [-0.15, -0.1) is 0 Å². The summed E-state index contributed by atoms with van der Waals surface area (Å²) in [4.78, 5) is 216. The molecule has 5 rings (SSSR count). The molecule has 3 aliphatic rings. The number of H-pyrrole nitrogens is 1. The van der Waals surface area contributed by atoms with Crippen molar-refractivity contribution in [2.75, 3.05) is 56.7 Å². The summed E-state index contributed by atoms with van der Waals surface area (Å²) in [6.07, 6.45) is 7.42. The van der Waals surface area contributed by atoms with Crippen LogP contribution in [0.5, 0.6) is 0 Å². The number of carbonyl (C=O) groups excluding carboxylic acids is 12. The Kier molecular flexibility index (Phi) is 37.0. The Balaban J connectivity index is 1.31.